The molecule has 6 nitrogen and oxygen atoms in total. The topological polar surface area (TPSA) is 85.7 Å². The predicted molar refractivity (Wildman–Crippen MR) is 123 cm³/mol. The van der Waals surface area contributed by atoms with Gasteiger partial charge in [-0.25, -0.2) is 8.42 Å². The minimum Gasteiger partial charge on any atom is -0.507 e. The van der Waals surface area contributed by atoms with Crippen LogP contribution in [-0.4, -0.2) is 55.9 Å². The number of ether oxygens (including phenoxy) is 2. The molecule has 1 aromatic heterocycles. The van der Waals surface area contributed by atoms with E-state index in [1.54, 1.807) is 25.4 Å². The van der Waals surface area contributed by atoms with E-state index in [-0.39, 0.29) is 24.2 Å². The molecule has 1 saturated heterocycles. The van der Waals surface area contributed by atoms with Crippen molar-refractivity contribution in [2.75, 3.05) is 26.1 Å². The van der Waals surface area contributed by atoms with E-state index in [0.29, 0.717) is 25.0 Å². The molecule has 1 fully saturated rings. The standard InChI is InChI=1S/C23H24BrNO5S/c1-29-12-17-14-31(27,28)22-13-30-21(23(17)22)8-5-15(19-4-2-3-9-25-19)10-16-11-18(24)6-7-20(16)26/h2-4,6-7,9-11,21-22,26H,5,8,12-14H2,1H3/b15-10-/t21-,22+/m1/s1. The van der Waals surface area contributed by atoms with Gasteiger partial charge in [-0.05, 0) is 66.0 Å². The molecule has 8 heteroatoms. The van der Waals surface area contributed by atoms with Gasteiger partial charge in [0, 0.05) is 23.3 Å². The molecule has 1 aromatic carbocycles. The molecule has 3 heterocycles. The number of nitrogens with zero attached hydrogens (tertiary/aromatic N) is 1. The number of sulfone groups is 1. The van der Waals surface area contributed by atoms with Crippen molar-refractivity contribution in [1.29, 1.82) is 0 Å². The van der Waals surface area contributed by atoms with Gasteiger partial charge in [0.1, 0.15) is 11.0 Å². The van der Waals surface area contributed by atoms with Gasteiger partial charge in [0.15, 0.2) is 9.84 Å². The number of allylic oxidation sites excluding steroid dienone is 1. The maximum absolute atomic E-state index is 12.5. The van der Waals surface area contributed by atoms with Crippen LogP contribution in [0.3, 0.4) is 0 Å². The van der Waals surface area contributed by atoms with Crippen LogP contribution in [0, 0.1) is 0 Å². The highest BCUT2D eigenvalue weighted by Gasteiger charge is 2.46. The van der Waals surface area contributed by atoms with Crippen molar-refractivity contribution in [3.05, 3.63) is 69.5 Å². The first kappa shape index (κ1) is 22.2. The van der Waals surface area contributed by atoms with Crippen LogP contribution in [0.4, 0.5) is 0 Å². The van der Waals surface area contributed by atoms with Crippen molar-refractivity contribution in [3.63, 3.8) is 0 Å². The normalized spacial score (nSPS) is 22.7. The van der Waals surface area contributed by atoms with E-state index in [9.17, 15) is 13.5 Å². The fourth-order valence-electron chi connectivity index (χ4n) is 4.25. The van der Waals surface area contributed by atoms with Gasteiger partial charge in [0.05, 0.1) is 30.8 Å². The summed E-state index contributed by atoms with van der Waals surface area (Å²) >= 11 is 3.45. The summed E-state index contributed by atoms with van der Waals surface area (Å²) in [4.78, 5) is 4.48. The molecule has 2 aliphatic rings. The number of hydrogen-bond acceptors (Lipinski definition) is 6. The van der Waals surface area contributed by atoms with Crippen LogP contribution in [0.5, 0.6) is 5.75 Å². The average Bonchev–Trinajstić information content (AvgIpc) is 3.28. The Morgan fingerprint density at radius 3 is 2.94 bits per heavy atom. The van der Waals surface area contributed by atoms with Gasteiger partial charge in [0.2, 0.25) is 0 Å². The van der Waals surface area contributed by atoms with Gasteiger partial charge < -0.3 is 14.6 Å². The van der Waals surface area contributed by atoms with Crippen LogP contribution in [0.25, 0.3) is 11.6 Å². The Morgan fingerprint density at radius 1 is 1.35 bits per heavy atom. The Hall–Kier alpha value is -2.00. The van der Waals surface area contributed by atoms with Crippen molar-refractivity contribution >= 4 is 37.4 Å². The third kappa shape index (κ3) is 4.77. The number of fused-ring (bicyclic) bond motifs is 1. The second-order valence-electron chi connectivity index (χ2n) is 7.74. The zero-order valence-corrected chi connectivity index (χ0v) is 19.5. The summed E-state index contributed by atoms with van der Waals surface area (Å²) in [6.45, 7) is 0.504. The number of methoxy groups -OCH3 is 1. The van der Waals surface area contributed by atoms with Crippen LogP contribution in [0.2, 0.25) is 0 Å². The maximum atomic E-state index is 12.5. The zero-order chi connectivity index (χ0) is 22.0. The number of phenolic OH excluding ortho intramolecular Hbond substituents is 1. The van der Waals surface area contributed by atoms with Crippen molar-refractivity contribution in [1.82, 2.24) is 4.98 Å². The van der Waals surface area contributed by atoms with Gasteiger partial charge in [-0.2, -0.15) is 0 Å². The Kier molecular flexibility index (Phi) is 6.62. The zero-order valence-electron chi connectivity index (χ0n) is 17.1. The third-order valence-corrected chi connectivity index (χ3v) is 8.17. The first-order valence-electron chi connectivity index (χ1n) is 10.0. The Bertz CT molecular complexity index is 1130. The van der Waals surface area contributed by atoms with E-state index in [1.165, 1.54) is 0 Å². The maximum Gasteiger partial charge on any atom is 0.163 e. The van der Waals surface area contributed by atoms with Gasteiger partial charge in [-0.1, -0.05) is 22.0 Å². The van der Waals surface area contributed by atoms with E-state index in [4.69, 9.17) is 9.47 Å². The SMILES string of the molecule is COCC1=C2[C@@H](CC/C(=C/c3cc(Br)ccc3O)c3ccccn3)OC[C@@H]2S(=O)(=O)C1. The largest absolute Gasteiger partial charge is 0.507 e. The molecule has 0 bridgehead atoms. The van der Waals surface area contributed by atoms with Crippen molar-refractivity contribution in [2.24, 2.45) is 0 Å². The summed E-state index contributed by atoms with van der Waals surface area (Å²) in [5.41, 5.74) is 4.12. The summed E-state index contributed by atoms with van der Waals surface area (Å²) in [7, 11) is -1.65. The molecule has 0 aliphatic carbocycles. The molecule has 0 amide bonds. The van der Waals surface area contributed by atoms with E-state index < -0.39 is 15.1 Å². The molecule has 2 aromatic rings. The second-order valence-corrected chi connectivity index (χ2v) is 10.8. The van der Waals surface area contributed by atoms with Crippen molar-refractivity contribution in [3.8, 4) is 5.75 Å². The highest BCUT2D eigenvalue weighted by atomic mass is 79.9. The summed E-state index contributed by atoms with van der Waals surface area (Å²) in [6.07, 6.45) is 4.62. The Labute approximate surface area is 190 Å². The molecule has 31 heavy (non-hydrogen) atoms. The first-order valence-corrected chi connectivity index (χ1v) is 12.5. The van der Waals surface area contributed by atoms with Crippen LogP contribution < -0.4 is 0 Å². The molecule has 164 valence electrons. The number of aromatic hydroxyl groups is 1. The van der Waals surface area contributed by atoms with E-state index in [2.05, 4.69) is 20.9 Å². The average molecular weight is 506 g/mol. The lowest BCUT2D eigenvalue weighted by atomic mass is 9.95. The number of aromatic nitrogens is 1. The third-order valence-electron chi connectivity index (χ3n) is 5.67. The summed E-state index contributed by atoms with van der Waals surface area (Å²) < 4.78 is 37.0. The molecule has 2 atom stereocenters. The molecular formula is C23H24BrNO5S. The first-order chi connectivity index (χ1) is 14.9. The monoisotopic (exact) mass is 505 g/mol. The van der Waals surface area contributed by atoms with Gasteiger partial charge in [0.25, 0.3) is 0 Å². The quantitative estimate of drug-likeness (QED) is 0.572. The highest BCUT2D eigenvalue weighted by molar-refractivity contribution is 9.10. The summed E-state index contributed by atoms with van der Waals surface area (Å²) in [6, 6.07) is 11.0. The van der Waals surface area contributed by atoms with E-state index >= 15 is 0 Å². The fraction of sp³-hybridized carbons (Fsp3) is 0.348. The minimum absolute atomic E-state index is 0.0511. The predicted octanol–water partition coefficient (Wildman–Crippen LogP) is 4.01. The molecule has 0 saturated carbocycles. The van der Waals surface area contributed by atoms with Crippen molar-refractivity contribution < 1.29 is 23.0 Å². The highest BCUT2D eigenvalue weighted by Crippen LogP contribution is 2.39. The van der Waals surface area contributed by atoms with E-state index in [1.807, 2.05) is 30.3 Å². The molecular weight excluding hydrogens is 482 g/mol. The van der Waals surface area contributed by atoms with Crippen LogP contribution in [-0.2, 0) is 19.3 Å². The van der Waals surface area contributed by atoms with Gasteiger partial charge >= 0.3 is 0 Å². The van der Waals surface area contributed by atoms with Gasteiger partial charge in [-0.15, -0.1) is 0 Å². The number of halogens is 1. The summed E-state index contributed by atoms with van der Waals surface area (Å²) in [5.74, 6) is 0.232. The lowest BCUT2D eigenvalue weighted by Crippen LogP contribution is -2.19. The molecule has 0 spiro atoms. The fourth-order valence-corrected chi connectivity index (χ4v) is 6.56. The smallest absolute Gasteiger partial charge is 0.163 e. The number of phenols is 1. The lowest BCUT2D eigenvalue weighted by Gasteiger charge is -2.15. The van der Waals surface area contributed by atoms with E-state index in [0.717, 1.165) is 26.9 Å². The number of hydrogen-bond donors (Lipinski definition) is 1. The Balaban J connectivity index is 1.62. The number of rotatable bonds is 7. The van der Waals surface area contributed by atoms with Crippen LogP contribution >= 0.6 is 15.9 Å². The second kappa shape index (κ2) is 9.24. The number of benzene rings is 1. The summed E-state index contributed by atoms with van der Waals surface area (Å²) in [5, 5.41) is 9.73. The van der Waals surface area contributed by atoms with Crippen LogP contribution in [0.15, 0.2) is 58.2 Å². The molecule has 0 radical (unpaired) electrons. The lowest BCUT2D eigenvalue weighted by molar-refractivity contribution is 0.118. The van der Waals surface area contributed by atoms with Gasteiger partial charge in [-0.3, -0.25) is 4.98 Å². The molecule has 1 N–H and O–H groups in total. The number of pyridine rings is 1. The van der Waals surface area contributed by atoms with Crippen LogP contribution in [0.1, 0.15) is 24.1 Å². The minimum atomic E-state index is -3.22. The Morgan fingerprint density at radius 2 is 2.19 bits per heavy atom. The van der Waals surface area contributed by atoms with Crippen molar-refractivity contribution in [2.45, 2.75) is 24.2 Å². The molecule has 0 unspecified atom stereocenters. The molecule has 4 rings (SSSR count). The molecule has 2 aliphatic heterocycles.